The maximum absolute atomic E-state index is 13.2. The molecule has 0 saturated carbocycles. The molecule has 0 spiro atoms. The molecule has 1 N–H and O–H groups in total. The molecule has 2 heterocycles. The van der Waals surface area contributed by atoms with E-state index in [2.05, 4.69) is 10.3 Å². The van der Waals surface area contributed by atoms with Gasteiger partial charge in [-0.2, -0.15) is 4.31 Å². The van der Waals surface area contributed by atoms with Crippen molar-refractivity contribution in [2.75, 3.05) is 19.3 Å². The lowest BCUT2D eigenvalue weighted by Crippen LogP contribution is -2.69. The van der Waals surface area contributed by atoms with Gasteiger partial charge in [0.15, 0.2) is 0 Å². The average Bonchev–Trinajstić information content (AvgIpc) is 2.69. The molecule has 3 rings (SSSR count). The molecule has 1 aromatic carbocycles. The van der Waals surface area contributed by atoms with E-state index in [-0.39, 0.29) is 26.2 Å². The van der Waals surface area contributed by atoms with Crippen molar-refractivity contribution in [3.8, 4) is 0 Å². The van der Waals surface area contributed by atoms with Crippen molar-refractivity contribution in [3.05, 3.63) is 66.0 Å². The largest absolute Gasteiger partial charge is 0.350 e. The first-order valence-electron chi connectivity index (χ1n) is 9.17. The zero-order valence-corrected chi connectivity index (χ0v) is 17.2. The number of sulfonamides is 1. The highest BCUT2D eigenvalue weighted by Crippen LogP contribution is 2.26. The van der Waals surface area contributed by atoms with Crippen LogP contribution in [0.3, 0.4) is 0 Å². The fraction of sp³-hybridized carbons (Fsp3) is 0.350. The van der Waals surface area contributed by atoms with Crippen molar-refractivity contribution < 1.29 is 18.0 Å². The number of piperazine rings is 1. The van der Waals surface area contributed by atoms with Crippen LogP contribution in [-0.2, 0) is 32.7 Å². The third-order valence-electron chi connectivity index (χ3n) is 5.01. The smallest absolute Gasteiger partial charge is 0.247 e. The third-order valence-corrected chi connectivity index (χ3v) is 6.21. The lowest BCUT2D eigenvalue weighted by Gasteiger charge is -2.46. The highest BCUT2D eigenvalue weighted by molar-refractivity contribution is 7.88. The number of carbonyl (C=O) groups excluding carboxylic acids is 2. The number of pyridine rings is 1. The normalized spacial score (nSPS) is 20.5. The topological polar surface area (TPSA) is 99.7 Å². The van der Waals surface area contributed by atoms with Crippen molar-refractivity contribution >= 4 is 21.8 Å². The Bertz CT molecular complexity index is 982. The predicted octanol–water partition coefficient (Wildman–Crippen LogP) is 0.761. The molecule has 1 aliphatic heterocycles. The summed E-state index contributed by atoms with van der Waals surface area (Å²) < 4.78 is 25.3. The van der Waals surface area contributed by atoms with Gasteiger partial charge >= 0.3 is 0 Å². The first kappa shape index (κ1) is 20.9. The van der Waals surface area contributed by atoms with E-state index in [0.29, 0.717) is 0 Å². The SMILES string of the molecule is C[C@]1(C(=O)NCc2ccccc2)CN(S(C)(=O)=O)CC(=O)N1Cc1cccnc1. The molecule has 0 bridgehead atoms. The molecule has 1 fully saturated rings. The van der Waals surface area contributed by atoms with Crippen LogP contribution in [0, 0.1) is 0 Å². The molecule has 0 aliphatic carbocycles. The number of rotatable bonds is 6. The zero-order valence-electron chi connectivity index (χ0n) is 16.4. The van der Waals surface area contributed by atoms with Gasteiger partial charge in [-0.15, -0.1) is 0 Å². The molecule has 2 amide bonds. The molecule has 1 aliphatic rings. The Morgan fingerprint density at radius 1 is 1.17 bits per heavy atom. The second-order valence-electron chi connectivity index (χ2n) is 7.31. The number of hydrogen-bond acceptors (Lipinski definition) is 5. The van der Waals surface area contributed by atoms with E-state index in [9.17, 15) is 18.0 Å². The molecule has 0 radical (unpaired) electrons. The Morgan fingerprint density at radius 3 is 2.48 bits per heavy atom. The average molecular weight is 417 g/mol. The molecule has 8 nitrogen and oxygen atoms in total. The van der Waals surface area contributed by atoms with E-state index in [1.807, 2.05) is 36.4 Å². The first-order chi connectivity index (χ1) is 13.7. The minimum atomic E-state index is -3.63. The second-order valence-corrected chi connectivity index (χ2v) is 9.30. The Labute approximate surface area is 170 Å². The fourth-order valence-corrected chi connectivity index (χ4v) is 4.16. The summed E-state index contributed by atoms with van der Waals surface area (Å²) in [6.45, 7) is 1.64. The van der Waals surface area contributed by atoms with E-state index in [4.69, 9.17) is 0 Å². The van der Waals surface area contributed by atoms with Gasteiger partial charge in [0.05, 0.1) is 12.8 Å². The highest BCUT2D eigenvalue weighted by Gasteiger charge is 2.49. The van der Waals surface area contributed by atoms with E-state index in [1.54, 1.807) is 25.4 Å². The highest BCUT2D eigenvalue weighted by atomic mass is 32.2. The number of hydrogen-bond donors (Lipinski definition) is 1. The van der Waals surface area contributed by atoms with Crippen LogP contribution in [0.4, 0.5) is 0 Å². The Balaban J connectivity index is 1.88. The predicted molar refractivity (Wildman–Crippen MR) is 108 cm³/mol. The molecule has 1 aromatic heterocycles. The number of carbonyl (C=O) groups is 2. The van der Waals surface area contributed by atoms with Crippen LogP contribution < -0.4 is 5.32 Å². The zero-order chi connectivity index (χ0) is 21.1. The molecule has 29 heavy (non-hydrogen) atoms. The molecular formula is C20H24N4O4S. The summed E-state index contributed by atoms with van der Waals surface area (Å²) in [5.41, 5.74) is 0.310. The summed E-state index contributed by atoms with van der Waals surface area (Å²) in [6.07, 6.45) is 4.29. The number of nitrogens with zero attached hydrogens (tertiary/aromatic N) is 3. The van der Waals surface area contributed by atoms with Crippen LogP contribution in [0.1, 0.15) is 18.1 Å². The summed E-state index contributed by atoms with van der Waals surface area (Å²) >= 11 is 0. The van der Waals surface area contributed by atoms with Gasteiger partial charge in [0, 0.05) is 32.0 Å². The molecule has 9 heteroatoms. The maximum Gasteiger partial charge on any atom is 0.247 e. The van der Waals surface area contributed by atoms with Crippen LogP contribution in [0.15, 0.2) is 54.9 Å². The van der Waals surface area contributed by atoms with Crippen LogP contribution in [0.25, 0.3) is 0 Å². The summed E-state index contributed by atoms with van der Waals surface area (Å²) in [5, 5.41) is 2.85. The van der Waals surface area contributed by atoms with E-state index >= 15 is 0 Å². The van der Waals surface area contributed by atoms with Crippen molar-refractivity contribution in [1.82, 2.24) is 19.5 Å². The summed E-state index contributed by atoms with van der Waals surface area (Å²) in [5.74, 6) is -0.838. The van der Waals surface area contributed by atoms with E-state index in [1.165, 1.54) is 4.90 Å². The van der Waals surface area contributed by atoms with E-state index in [0.717, 1.165) is 21.7 Å². The quantitative estimate of drug-likeness (QED) is 0.750. The molecule has 1 atom stereocenters. The summed E-state index contributed by atoms with van der Waals surface area (Å²) in [6, 6.07) is 12.9. The van der Waals surface area contributed by atoms with E-state index < -0.39 is 27.4 Å². The molecule has 2 aromatic rings. The first-order valence-corrected chi connectivity index (χ1v) is 11.0. The van der Waals surface area contributed by atoms with Gasteiger partial charge in [-0.1, -0.05) is 36.4 Å². The minimum absolute atomic E-state index is 0.113. The number of nitrogens with one attached hydrogen (secondary N) is 1. The number of aromatic nitrogens is 1. The standard InChI is InChI=1S/C20H24N4O4S/c1-20(19(26)22-12-16-7-4-3-5-8-16)15-23(29(2,27)28)14-18(25)24(20)13-17-9-6-10-21-11-17/h3-11H,12-15H2,1-2H3,(H,22,26)/t20-/m1/s1. The van der Waals surface area contributed by atoms with Gasteiger partial charge in [-0.05, 0) is 24.1 Å². The van der Waals surface area contributed by atoms with Crippen LogP contribution in [0.5, 0.6) is 0 Å². The Morgan fingerprint density at radius 2 is 1.86 bits per heavy atom. The van der Waals surface area contributed by atoms with Crippen molar-refractivity contribution in [1.29, 1.82) is 0 Å². The van der Waals surface area contributed by atoms with Gasteiger partial charge in [0.25, 0.3) is 0 Å². The van der Waals surface area contributed by atoms with Gasteiger partial charge in [0.1, 0.15) is 5.54 Å². The lowest BCUT2D eigenvalue weighted by molar-refractivity contribution is -0.153. The van der Waals surface area contributed by atoms with Gasteiger partial charge in [-0.3, -0.25) is 14.6 Å². The van der Waals surface area contributed by atoms with Crippen LogP contribution >= 0.6 is 0 Å². The van der Waals surface area contributed by atoms with Gasteiger partial charge < -0.3 is 10.2 Å². The molecule has 0 unspecified atom stereocenters. The summed E-state index contributed by atoms with van der Waals surface area (Å²) in [4.78, 5) is 31.5. The molecule has 1 saturated heterocycles. The Hall–Kier alpha value is -2.78. The molecular weight excluding hydrogens is 392 g/mol. The molecule has 154 valence electrons. The summed E-state index contributed by atoms with van der Waals surface area (Å²) in [7, 11) is -3.63. The third kappa shape index (κ3) is 4.80. The van der Waals surface area contributed by atoms with Gasteiger partial charge in [-0.25, -0.2) is 8.42 Å². The Kier molecular flexibility index (Phi) is 5.99. The minimum Gasteiger partial charge on any atom is -0.350 e. The van der Waals surface area contributed by atoms with Gasteiger partial charge in [0.2, 0.25) is 21.8 Å². The van der Waals surface area contributed by atoms with Crippen molar-refractivity contribution in [2.24, 2.45) is 0 Å². The van der Waals surface area contributed by atoms with Crippen LogP contribution in [0.2, 0.25) is 0 Å². The number of benzene rings is 1. The maximum atomic E-state index is 13.2. The van der Waals surface area contributed by atoms with Crippen molar-refractivity contribution in [2.45, 2.75) is 25.6 Å². The monoisotopic (exact) mass is 416 g/mol. The lowest BCUT2D eigenvalue weighted by atomic mass is 9.94. The fourth-order valence-electron chi connectivity index (χ4n) is 3.33. The number of amides is 2. The second kappa shape index (κ2) is 8.30. The van der Waals surface area contributed by atoms with Crippen molar-refractivity contribution in [3.63, 3.8) is 0 Å². The van der Waals surface area contributed by atoms with Crippen LogP contribution in [-0.4, -0.2) is 59.3 Å².